The molecule has 0 aliphatic carbocycles. The van der Waals surface area contributed by atoms with E-state index < -0.39 is 15.8 Å². The van der Waals surface area contributed by atoms with Crippen LogP contribution in [0.4, 0.5) is 10.1 Å². The molecule has 2 aromatic rings. The minimum Gasteiger partial charge on any atom is -0.280 e. The van der Waals surface area contributed by atoms with Crippen LogP contribution in [0.2, 0.25) is 5.02 Å². The summed E-state index contributed by atoms with van der Waals surface area (Å²) in [6.45, 7) is 3.70. The Labute approximate surface area is 136 Å². The predicted molar refractivity (Wildman–Crippen MR) is 85.8 cm³/mol. The van der Waals surface area contributed by atoms with Gasteiger partial charge in [0.05, 0.1) is 5.02 Å². The molecule has 0 saturated heterocycles. The lowest BCUT2D eigenvalue weighted by Gasteiger charge is -2.12. The van der Waals surface area contributed by atoms with E-state index >= 15 is 0 Å². The van der Waals surface area contributed by atoms with Crippen LogP contribution in [0.3, 0.4) is 0 Å². The summed E-state index contributed by atoms with van der Waals surface area (Å²) >= 11 is 9.25. The molecule has 21 heavy (non-hydrogen) atoms. The number of rotatable bonds is 3. The summed E-state index contributed by atoms with van der Waals surface area (Å²) in [4.78, 5) is -0.289. The Kier molecular flexibility index (Phi) is 4.60. The van der Waals surface area contributed by atoms with Gasteiger partial charge in [0.1, 0.15) is 10.7 Å². The SMILES string of the molecule is Cc1cc(NS(=O)(=O)c2cc(F)ccc2Cl)cc(C)c1Br. The molecule has 0 aromatic heterocycles. The number of anilines is 1. The molecule has 0 bridgehead atoms. The smallest absolute Gasteiger partial charge is 0.263 e. The maximum Gasteiger partial charge on any atom is 0.263 e. The summed E-state index contributed by atoms with van der Waals surface area (Å²) in [6.07, 6.45) is 0. The molecule has 0 fully saturated rings. The summed E-state index contributed by atoms with van der Waals surface area (Å²) in [5.74, 6) is -0.664. The first-order valence-corrected chi connectivity index (χ1v) is 8.61. The molecule has 3 nitrogen and oxygen atoms in total. The quantitative estimate of drug-likeness (QED) is 0.826. The second kappa shape index (κ2) is 5.94. The van der Waals surface area contributed by atoms with E-state index in [-0.39, 0.29) is 9.92 Å². The van der Waals surface area contributed by atoms with Gasteiger partial charge in [-0.1, -0.05) is 27.5 Å². The lowest BCUT2D eigenvalue weighted by molar-refractivity contribution is 0.595. The lowest BCUT2D eigenvalue weighted by atomic mass is 10.1. The molecule has 0 atom stereocenters. The molecule has 0 aliphatic heterocycles. The average molecular weight is 393 g/mol. The van der Waals surface area contributed by atoms with Gasteiger partial charge in [0.2, 0.25) is 0 Å². The highest BCUT2D eigenvalue weighted by Crippen LogP contribution is 2.28. The van der Waals surface area contributed by atoms with E-state index in [4.69, 9.17) is 11.6 Å². The second-order valence-electron chi connectivity index (χ2n) is 4.60. The molecule has 0 spiro atoms. The van der Waals surface area contributed by atoms with Crippen molar-refractivity contribution in [2.24, 2.45) is 0 Å². The summed E-state index contributed by atoms with van der Waals surface area (Å²) < 4.78 is 41.2. The van der Waals surface area contributed by atoms with Gasteiger partial charge < -0.3 is 0 Å². The van der Waals surface area contributed by atoms with E-state index in [1.807, 2.05) is 13.8 Å². The number of hydrogen-bond donors (Lipinski definition) is 1. The molecule has 0 heterocycles. The van der Waals surface area contributed by atoms with Crippen molar-refractivity contribution in [1.29, 1.82) is 0 Å². The van der Waals surface area contributed by atoms with Crippen molar-refractivity contribution in [3.05, 3.63) is 56.8 Å². The molecule has 2 aromatic carbocycles. The van der Waals surface area contributed by atoms with Gasteiger partial charge in [-0.25, -0.2) is 12.8 Å². The van der Waals surface area contributed by atoms with E-state index in [9.17, 15) is 12.8 Å². The van der Waals surface area contributed by atoms with E-state index in [1.165, 1.54) is 6.07 Å². The molecule has 112 valence electrons. The summed E-state index contributed by atoms with van der Waals surface area (Å²) in [5.41, 5.74) is 2.17. The topological polar surface area (TPSA) is 46.2 Å². The maximum absolute atomic E-state index is 13.2. The highest BCUT2D eigenvalue weighted by molar-refractivity contribution is 9.10. The Balaban J connectivity index is 2.45. The molecule has 0 amide bonds. The van der Waals surface area contributed by atoms with Crippen molar-refractivity contribution in [3.8, 4) is 0 Å². The van der Waals surface area contributed by atoms with Gasteiger partial charge in [-0.15, -0.1) is 0 Å². The van der Waals surface area contributed by atoms with Gasteiger partial charge in [-0.2, -0.15) is 0 Å². The van der Waals surface area contributed by atoms with Gasteiger partial charge >= 0.3 is 0 Å². The largest absolute Gasteiger partial charge is 0.280 e. The van der Waals surface area contributed by atoms with E-state index in [0.29, 0.717) is 5.69 Å². The summed E-state index contributed by atoms with van der Waals surface area (Å²) in [6, 6.07) is 6.58. The Morgan fingerprint density at radius 1 is 1.14 bits per heavy atom. The normalized spacial score (nSPS) is 11.5. The standard InChI is InChI=1S/C14H12BrClFNO2S/c1-8-5-11(6-9(2)14(8)15)18-21(19,20)13-7-10(17)3-4-12(13)16/h3-7,18H,1-2H3. The number of aryl methyl sites for hydroxylation is 2. The molecular formula is C14H12BrClFNO2S. The number of benzene rings is 2. The molecule has 0 saturated carbocycles. The minimum atomic E-state index is -3.95. The first-order chi connectivity index (χ1) is 9.70. The third kappa shape index (κ3) is 3.56. The Morgan fingerprint density at radius 3 is 2.29 bits per heavy atom. The summed E-state index contributed by atoms with van der Waals surface area (Å²) in [5, 5.41) is -0.0329. The van der Waals surface area contributed by atoms with Crippen LogP contribution in [0, 0.1) is 19.7 Å². The van der Waals surface area contributed by atoms with Crippen molar-refractivity contribution in [1.82, 2.24) is 0 Å². The van der Waals surface area contributed by atoms with Gasteiger partial charge in [-0.05, 0) is 55.3 Å². The van der Waals surface area contributed by atoms with Gasteiger partial charge in [0, 0.05) is 10.2 Å². The first-order valence-electron chi connectivity index (χ1n) is 5.95. The van der Waals surface area contributed by atoms with Crippen molar-refractivity contribution in [3.63, 3.8) is 0 Å². The Bertz CT molecular complexity index is 786. The molecular weight excluding hydrogens is 381 g/mol. The number of halogens is 3. The predicted octanol–water partition coefficient (Wildman–Crippen LogP) is 4.66. The zero-order chi connectivity index (χ0) is 15.8. The highest BCUT2D eigenvalue weighted by Gasteiger charge is 2.19. The monoisotopic (exact) mass is 391 g/mol. The van der Waals surface area contributed by atoms with Crippen molar-refractivity contribution >= 4 is 43.2 Å². The fourth-order valence-corrected chi connectivity index (χ4v) is 3.68. The van der Waals surface area contributed by atoms with Gasteiger partial charge in [0.15, 0.2) is 0 Å². The third-order valence-corrected chi connectivity index (χ3v) is 5.99. The van der Waals surface area contributed by atoms with Crippen LogP contribution in [-0.4, -0.2) is 8.42 Å². The van der Waals surface area contributed by atoms with E-state index in [2.05, 4.69) is 20.7 Å². The second-order valence-corrected chi connectivity index (χ2v) is 7.46. The van der Waals surface area contributed by atoms with Crippen molar-refractivity contribution < 1.29 is 12.8 Å². The number of hydrogen-bond acceptors (Lipinski definition) is 2. The first kappa shape index (κ1) is 16.3. The summed E-state index contributed by atoms with van der Waals surface area (Å²) in [7, 11) is -3.95. The zero-order valence-corrected chi connectivity index (χ0v) is 14.4. The highest BCUT2D eigenvalue weighted by atomic mass is 79.9. The average Bonchev–Trinajstić information content (AvgIpc) is 2.38. The molecule has 2 rings (SSSR count). The van der Waals surface area contributed by atoms with Gasteiger partial charge in [-0.3, -0.25) is 4.72 Å². The van der Waals surface area contributed by atoms with E-state index in [1.54, 1.807) is 12.1 Å². The molecule has 0 aliphatic rings. The van der Waals surface area contributed by atoms with Crippen LogP contribution in [0.1, 0.15) is 11.1 Å². The Morgan fingerprint density at radius 2 is 1.71 bits per heavy atom. The minimum absolute atomic E-state index is 0.0329. The zero-order valence-electron chi connectivity index (χ0n) is 11.2. The molecule has 0 unspecified atom stereocenters. The van der Waals surface area contributed by atoms with Crippen molar-refractivity contribution in [2.45, 2.75) is 18.7 Å². The number of nitrogens with one attached hydrogen (secondary N) is 1. The van der Waals surface area contributed by atoms with Gasteiger partial charge in [0.25, 0.3) is 10.0 Å². The number of sulfonamides is 1. The Hall–Kier alpha value is -1.11. The third-order valence-electron chi connectivity index (χ3n) is 2.87. The molecule has 1 N–H and O–H groups in total. The molecule has 0 radical (unpaired) electrons. The molecule has 7 heteroatoms. The van der Waals surface area contributed by atoms with Crippen LogP contribution in [0.25, 0.3) is 0 Å². The van der Waals surface area contributed by atoms with Crippen LogP contribution in [-0.2, 0) is 10.0 Å². The fourth-order valence-electron chi connectivity index (χ4n) is 1.90. The van der Waals surface area contributed by atoms with E-state index in [0.717, 1.165) is 27.7 Å². The van der Waals surface area contributed by atoms with Crippen LogP contribution in [0.5, 0.6) is 0 Å². The van der Waals surface area contributed by atoms with Crippen LogP contribution < -0.4 is 4.72 Å². The lowest BCUT2D eigenvalue weighted by Crippen LogP contribution is -2.14. The van der Waals surface area contributed by atoms with Crippen LogP contribution >= 0.6 is 27.5 Å². The van der Waals surface area contributed by atoms with Crippen molar-refractivity contribution in [2.75, 3.05) is 4.72 Å². The van der Waals surface area contributed by atoms with Crippen LogP contribution in [0.15, 0.2) is 39.7 Å². The fraction of sp³-hybridized carbons (Fsp3) is 0.143. The maximum atomic E-state index is 13.2.